The van der Waals surface area contributed by atoms with E-state index in [0.29, 0.717) is 32.9 Å². The fourth-order valence-electron chi connectivity index (χ4n) is 0.555. The average Bonchev–Trinajstić information content (AvgIpc) is 2.10. The van der Waals surface area contributed by atoms with Crippen LogP contribution < -0.4 is 11.0 Å². The maximum Gasteiger partial charge on any atom is 0.0830 e. The Kier molecular flexibility index (Phi) is 10.6. The first-order chi connectivity index (χ1) is 5.91. The Morgan fingerprint density at radius 3 is 2.33 bits per heavy atom. The first kappa shape index (κ1) is 11.8. The zero-order valence-corrected chi connectivity index (χ0v) is 7.76. The zero-order valence-electron chi connectivity index (χ0n) is 7.76. The quantitative estimate of drug-likeness (QED) is 0.375. The van der Waals surface area contributed by atoms with Crippen LogP contribution in [0.4, 0.5) is 0 Å². The second-order valence-electron chi connectivity index (χ2n) is 2.06. The summed E-state index contributed by atoms with van der Waals surface area (Å²) in [5.74, 6) is 0. The summed E-state index contributed by atoms with van der Waals surface area (Å²) in [6, 6.07) is 0. The van der Waals surface area contributed by atoms with E-state index in [9.17, 15) is 0 Å². The average molecular weight is 178 g/mol. The van der Waals surface area contributed by atoms with Crippen LogP contribution in [0.5, 0.6) is 0 Å². The largest absolute Gasteiger partial charge is 0.383 e. The Balaban J connectivity index is 2.73. The lowest BCUT2D eigenvalue weighted by Gasteiger charge is -2.05. The van der Waals surface area contributed by atoms with Crippen molar-refractivity contribution in [2.24, 2.45) is 0 Å². The van der Waals surface area contributed by atoms with Crippen LogP contribution in [-0.4, -0.2) is 40.0 Å². The van der Waals surface area contributed by atoms with E-state index in [1.807, 2.05) is 6.92 Å². The third-order valence-corrected chi connectivity index (χ3v) is 1.06. The lowest BCUT2D eigenvalue weighted by Crippen LogP contribution is -2.26. The summed E-state index contributed by atoms with van der Waals surface area (Å²) in [4.78, 5) is 9.89. The molecule has 5 heteroatoms. The fraction of sp³-hybridized carbons (Fsp3) is 1.00. The van der Waals surface area contributed by atoms with E-state index in [1.165, 1.54) is 0 Å². The van der Waals surface area contributed by atoms with E-state index < -0.39 is 0 Å². The van der Waals surface area contributed by atoms with Gasteiger partial charge >= 0.3 is 0 Å². The molecule has 0 unspecified atom stereocenters. The number of nitrogens with one attached hydrogen (secondary N) is 2. The highest BCUT2D eigenvalue weighted by Gasteiger charge is 1.87. The molecule has 0 aromatic heterocycles. The van der Waals surface area contributed by atoms with Crippen LogP contribution in [0.2, 0.25) is 0 Å². The summed E-state index contributed by atoms with van der Waals surface area (Å²) in [5.41, 5.74) is 5.47. The first-order valence-electron chi connectivity index (χ1n) is 4.10. The van der Waals surface area contributed by atoms with Crippen molar-refractivity contribution >= 4 is 0 Å². The molecule has 0 aliphatic carbocycles. The summed E-state index contributed by atoms with van der Waals surface area (Å²) >= 11 is 0. The van der Waals surface area contributed by atoms with Crippen molar-refractivity contribution in [1.82, 2.24) is 11.0 Å². The van der Waals surface area contributed by atoms with Crippen molar-refractivity contribution in [2.45, 2.75) is 6.92 Å². The van der Waals surface area contributed by atoms with Gasteiger partial charge in [0.1, 0.15) is 0 Å². The molecule has 0 spiro atoms. The van der Waals surface area contributed by atoms with E-state index in [-0.39, 0.29) is 0 Å². The van der Waals surface area contributed by atoms with Gasteiger partial charge in [0.05, 0.1) is 19.8 Å². The van der Waals surface area contributed by atoms with Crippen molar-refractivity contribution in [3.8, 4) is 0 Å². The van der Waals surface area contributed by atoms with Gasteiger partial charge < -0.3 is 14.4 Å². The molecule has 0 aliphatic heterocycles. The van der Waals surface area contributed by atoms with E-state index in [1.54, 1.807) is 7.11 Å². The van der Waals surface area contributed by atoms with Crippen LogP contribution in [-0.2, 0) is 14.4 Å². The molecular formula is C7H18N2O3. The topological polar surface area (TPSA) is 51.8 Å². The highest BCUT2D eigenvalue weighted by molar-refractivity contribution is 4.32. The van der Waals surface area contributed by atoms with Crippen LogP contribution >= 0.6 is 0 Å². The standard InChI is InChI=1S/C7H18N2O3/c1-3-11-8-5-7-12-9-4-6-10-2/h8-9H,3-7H2,1-2H3. The minimum atomic E-state index is 0.573. The normalized spacial score (nSPS) is 10.5. The summed E-state index contributed by atoms with van der Waals surface area (Å²) in [5, 5.41) is 0. The molecule has 0 amide bonds. The monoisotopic (exact) mass is 178 g/mol. The molecule has 0 rings (SSSR count). The lowest BCUT2D eigenvalue weighted by molar-refractivity contribution is -0.00692. The highest BCUT2D eigenvalue weighted by Crippen LogP contribution is 1.69. The number of hydrogen-bond donors (Lipinski definition) is 2. The minimum Gasteiger partial charge on any atom is -0.383 e. The Labute approximate surface area is 73.3 Å². The van der Waals surface area contributed by atoms with Crippen LogP contribution in [0.25, 0.3) is 0 Å². The molecule has 0 saturated carbocycles. The molecule has 0 aromatic rings. The molecule has 0 aliphatic rings. The summed E-state index contributed by atoms with van der Waals surface area (Å²) < 4.78 is 4.80. The zero-order chi connectivity index (χ0) is 9.07. The third-order valence-electron chi connectivity index (χ3n) is 1.06. The van der Waals surface area contributed by atoms with E-state index in [0.717, 1.165) is 0 Å². The molecule has 0 saturated heterocycles. The van der Waals surface area contributed by atoms with Crippen molar-refractivity contribution < 1.29 is 14.4 Å². The molecule has 0 bridgehead atoms. The molecule has 0 fully saturated rings. The molecule has 12 heavy (non-hydrogen) atoms. The fourth-order valence-corrected chi connectivity index (χ4v) is 0.555. The highest BCUT2D eigenvalue weighted by atomic mass is 16.7. The van der Waals surface area contributed by atoms with Crippen LogP contribution in [0.1, 0.15) is 6.92 Å². The number of rotatable bonds is 9. The van der Waals surface area contributed by atoms with Gasteiger partial charge in [-0.25, -0.2) is 11.0 Å². The minimum absolute atomic E-state index is 0.573. The SMILES string of the molecule is CCONCCONCCOC. The maximum absolute atomic E-state index is 5.01. The molecule has 0 aromatic carbocycles. The van der Waals surface area contributed by atoms with Crippen molar-refractivity contribution in [2.75, 3.05) is 40.0 Å². The van der Waals surface area contributed by atoms with Crippen LogP contribution in [0.3, 0.4) is 0 Å². The van der Waals surface area contributed by atoms with Gasteiger partial charge in [-0.05, 0) is 6.92 Å². The Morgan fingerprint density at radius 2 is 1.67 bits per heavy atom. The lowest BCUT2D eigenvalue weighted by atomic mass is 10.7. The number of ether oxygens (including phenoxy) is 1. The number of hydroxylamine groups is 2. The van der Waals surface area contributed by atoms with Crippen LogP contribution in [0, 0.1) is 0 Å². The Hall–Kier alpha value is -0.200. The summed E-state index contributed by atoms with van der Waals surface area (Å²) in [6.07, 6.45) is 0. The van der Waals surface area contributed by atoms with E-state index in [2.05, 4.69) is 11.0 Å². The molecule has 5 nitrogen and oxygen atoms in total. The molecule has 0 radical (unpaired) electrons. The van der Waals surface area contributed by atoms with Crippen LogP contribution in [0.15, 0.2) is 0 Å². The van der Waals surface area contributed by atoms with Crippen molar-refractivity contribution in [3.05, 3.63) is 0 Å². The third kappa shape index (κ3) is 9.80. The van der Waals surface area contributed by atoms with Gasteiger partial charge in [0.25, 0.3) is 0 Å². The van der Waals surface area contributed by atoms with Gasteiger partial charge in [0.15, 0.2) is 0 Å². The molecule has 0 heterocycles. The van der Waals surface area contributed by atoms with Gasteiger partial charge in [0, 0.05) is 20.2 Å². The Bertz CT molecular complexity index is 73.1. The van der Waals surface area contributed by atoms with Crippen molar-refractivity contribution in [1.29, 1.82) is 0 Å². The summed E-state index contributed by atoms with van der Waals surface area (Å²) in [6.45, 7) is 5.18. The first-order valence-corrected chi connectivity index (χ1v) is 4.10. The molecule has 74 valence electrons. The van der Waals surface area contributed by atoms with Crippen molar-refractivity contribution in [3.63, 3.8) is 0 Å². The molecular weight excluding hydrogens is 160 g/mol. The van der Waals surface area contributed by atoms with Gasteiger partial charge in [0.2, 0.25) is 0 Å². The summed E-state index contributed by atoms with van der Waals surface area (Å²) in [7, 11) is 1.65. The number of hydrogen-bond acceptors (Lipinski definition) is 5. The van der Waals surface area contributed by atoms with E-state index in [4.69, 9.17) is 14.4 Å². The second kappa shape index (κ2) is 10.8. The second-order valence-corrected chi connectivity index (χ2v) is 2.06. The van der Waals surface area contributed by atoms with Gasteiger partial charge in [-0.15, -0.1) is 0 Å². The smallest absolute Gasteiger partial charge is 0.0830 e. The Morgan fingerprint density at radius 1 is 1.00 bits per heavy atom. The van der Waals surface area contributed by atoms with E-state index >= 15 is 0 Å². The van der Waals surface area contributed by atoms with Gasteiger partial charge in [-0.3, -0.25) is 0 Å². The molecule has 2 N–H and O–H groups in total. The predicted octanol–water partition coefficient (Wildman–Crippen LogP) is -0.305. The van der Waals surface area contributed by atoms with Gasteiger partial charge in [-0.1, -0.05) is 0 Å². The predicted molar refractivity (Wildman–Crippen MR) is 45.5 cm³/mol. The number of methoxy groups -OCH3 is 1. The maximum atomic E-state index is 5.01. The van der Waals surface area contributed by atoms with Gasteiger partial charge in [-0.2, -0.15) is 0 Å². The molecule has 0 atom stereocenters.